The minimum atomic E-state index is -0.480. The molecule has 0 radical (unpaired) electrons. The van der Waals surface area contributed by atoms with E-state index in [0.717, 1.165) is 11.1 Å². The molecule has 0 bridgehead atoms. The van der Waals surface area contributed by atoms with Gasteiger partial charge in [-0.2, -0.15) is 0 Å². The monoisotopic (exact) mass is 337 g/mol. The number of rotatable bonds is 8. The third kappa shape index (κ3) is 5.86. The van der Waals surface area contributed by atoms with E-state index in [4.69, 9.17) is 0 Å². The Bertz CT molecular complexity index is 680. The molecule has 0 aliphatic rings. The van der Waals surface area contributed by atoms with E-state index in [-0.39, 0.29) is 23.5 Å². The molecular weight excluding hydrogens is 310 g/mol. The molecule has 3 heteroatoms. The van der Waals surface area contributed by atoms with Gasteiger partial charge in [-0.3, -0.25) is 9.59 Å². The lowest BCUT2D eigenvalue weighted by molar-refractivity contribution is -0.130. The summed E-state index contributed by atoms with van der Waals surface area (Å²) in [5, 5.41) is 2.98. The van der Waals surface area contributed by atoms with Gasteiger partial charge in [0, 0.05) is 5.92 Å². The summed E-state index contributed by atoms with van der Waals surface area (Å²) in [7, 11) is 0. The first-order valence-corrected chi connectivity index (χ1v) is 8.86. The van der Waals surface area contributed by atoms with Crippen molar-refractivity contribution in [3.05, 3.63) is 71.8 Å². The molecule has 0 heterocycles. The van der Waals surface area contributed by atoms with Crippen LogP contribution in [-0.2, 0) is 22.4 Å². The van der Waals surface area contributed by atoms with Gasteiger partial charge < -0.3 is 5.32 Å². The van der Waals surface area contributed by atoms with Crippen molar-refractivity contribution in [1.29, 1.82) is 0 Å². The fourth-order valence-electron chi connectivity index (χ4n) is 2.92. The van der Waals surface area contributed by atoms with Crippen LogP contribution in [0.5, 0.6) is 0 Å². The van der Waals surface area contributed by atoms with Crippen LogP contribution < -0.4 is 5.32 Å². The van der Waals surface area contributed by atoms with Crippen molar-refractivity contribution >= 4 is 11.7 Å². The highest BCUT2D eigenvalue weighted by atomic mass is 16.2. The molecule has 132 valence electrons. The van der Waals surface area contributed by atoms with Gasteiger partial charge in [0.05, 0.1) is 6.04 Å². The highest BCUT2D eigenvalue weighted by Crippen LogP contribution is 2.18. The van der Waals surface area contributed by atoms with Gasteiger partial charge in [-0.1, -0.05) is 74.5 Å². The van der Waals surface area contributed by atoms with Crippen LogP contribution in [-0.4, -0.2) is 17.7 Å². The zero-order valence-corrected chi connectivity index (χ0v) is 15.2. The zero-order valence-electron chi connectivity index (χ0n) is 15.2. The predicted molar refractivity (Wildman–Crippen MR) is 101 cm³/mol. The standard InChI is InChI=1S/C22H27NO2/c1-16(2)20(14-18-10-6-4-7-11-18)22(25)23-21(17(3)24)15-19-12-8-5-9-13-19/h4-13,16,20-21H,14-15H2,1-3H3,(H,23,25)/t20?,21-/m0/s1. The lowest BCUT2D eigenvalue weighted by Gasteiger charge is -2.24. The molecule has 0 aliphatic carbocycles. The second-order valence-corrected chi connectivity index (χ2v) is 6.90. The van der Waals surface area contributed by atoms with Crippen molar-refractivity contribution in [3.8, 4) is 0 Å². The lowest BCUT2D eigenvalue weighted by atomic mass is 9.88. The fraction of sp³-hybridized carbons (Fsp3) is 0.364. The third-order valence-electron chi connectivity index (χ3n) is 4.53. The average molecular weight is 337 g/mol. The number of carbonyl (C=O) groups excluding carboxylic acids is 2. The van der Waals surface area contributed by atoms with E-state index in [1.165, 1.54) is 6.92 Å². The van der Waals surface area contributed by atoms with Crippen LogP contribution >= 0.6 is 0 Å². The van der Waals surface area contributed by atoms with Crippen LogP contribution in [0.2, 0.25) is 0 Å². The summed E-state index contributed by atoms with van der Waals surface area (Å²) < 4.78 is 0. The van der Waals surface area contributed by atoms with Gasteiger partial charge in [-0.15, -0.1) is 0 Å². The van der Waals surface area contributed by atoms with Crippen molar-refractivity contribution < 1.29 is 9.59 Å². The molecular formula is C22H27NO2. The van der Waals surface area contributed by atoms with E-state index in [9.17, 15) is 9.59 Å². The topological polar surface area (TPSA) is 46.2 Å². The normalized spacial score (nSPS) is 13.3. The van der Waals surface area contributed by atoms with E-state index < -0.39 is 6.04 Å². The predicted octanol–water partition coefficient (Wildman–Crippen LogP) is 3.82. The third-order valence-corrected chi connectivity index (χ3v) is 4.53. The summed E-state index contributed by atoms with van der Waals surface area (Å²) in [6.07, 6.45) is 1.21. The molecule has 2 aromatic rings. The summed E-state index contributed by atoms with van der Waals surface area (Å²) in [4.78, 5) is 24.9. The van der Waals surface area contributed by atoms with Crippen molar-refractivity contribution in [2.45, 2.75) is 39.7 Å². The summed E-state index contributed by atoms with van der Waals surface area (Å²) >= 11 is 0. The van der Waals surface area contributed by atoms with Crippen LogP contribution in [0, 0.1) is 11.8 Å². The van der Waals surface area contributed by atoms with E-state index in [1.54, 1.807) is 0 Å². The minimum Gasteiger partial charge on any atom is -0.346 e. The quantitative estimate of drug-likeness (QED) is 0.796. The maximum Gasteiger partial charge on any atom is 0.224 e. The van der Waals surface area contributed by atoms with E-state index in [2.05, 4.69) is 5.32 Å². The Morgan fingerprint density at radius 2 is 1.32 bits per heavy atom. The summed E-state index contributed by atoms with van der Waals surface area (Å²) in [5.74, 6) is -0.0148. The van der Waals surface area contributed by atoms with Gasteiger partial charge in [-0.25, -0.2) is 0 Å². The first-order valence-electron chi connectivity index (χ1n) is 8.86. The number of nitrogens with one attached hydrogen (secondary N) is 1. The average Bonchev–Trinajstić information content (AvgIpc) is 2.60. The summed E-state index contributed by atoms with van der Waals surface area (Å²) in [6.45, 7) is 5.63. The van der Waals surface area contributed by atoms with Crippen LogP contribution in [0.15, 0.2) is 60.7 Å². The van der Waals surface area contributed by atoms with Crippen LogP contribution in [0.4, 0.5) is 0 Å². The first-order chi connectivity index (χ1) is 12.0. The van der Waals surface area contributed by atoms with Gasteiger partial charge in [0.1, 0.15) is 0 Å². The Labute approximate surface area is 150 Å². The number of hydrogen-bond acceptors (Lipinski definition) is 2. The molecule has 25 heavy (non-hydrogen) atoms. The maximum atomic E-state index is 12.8. The molecule has 1 amide bonds. The highest BCUT2D eigenvalue weighted by Gasteiger charge is 2.26. The number of amides is 1. The summed E-state index contributed by atoms with van der Waals surface area (Å²) in [6, 6.07) is 19.3. The summed E-state index contributed by atoms with van der Waals surface area (Å²) in [5.41, 5.74) is 2.19. The molecule has 0 aliphatic heterocycles. The molecule has 2 atom stereocenters. The van der Waals surface area contributed by atoms with Crippen molar-refractivity contribution in [1.82, 2.24) is 5.32 Å². The van der Waals surface area contributed by atoms with E-state index in [1.807, 2.05) is 74.5 Å². The van der Waals surface area contributed by atoms with Crippen molar-refractivity contribution in [2.24, 2.45) is 11.8 Å². The number of ketones is 1. The van der Waals surface area contributed by atoms with Crippen LogP contribution in [0.3, 0.4) is 0 Å². The van der Waals surface area contributed by atoms with Crippen molar-refractivity contribution in [2.75, 3.05) is 0 Å². The Balaban J connectivity index is 2.07. The Kier molecular flexibility index (Phi) is 6.93. The number of benzene rings is 2. The number of hydrogen-bond donors (Lipinski definition) is 1. The molecule has 2 rings (SSSR count). The molecule has 1 unspecified atom stereocenters. The van der Waals surface area contributed by atoms with Crippen molar-refractivity contribution in [3.63, 3.8) is 0 Å². The second kappa shape index (κ2) is 9.16. The van der Waals surface area contributed by atoms with Gasteiger partial charge in [0.2, 0.25) is 5.91 Å². The largest absolute Gasteiger partial charge is 0.346 e. The SMILES string of the molecule is CC(=O)[C@H](Cc1ccccc1)NC(=O)C(Cc1ccccc1)C(C)C. The Hall–Kier alpha value is -2.42. The minimum absolute atomic E-state index is 0.0144. The first kappa shape index (κ1) is 18.9. The fourth-order valence-corrected chi connectivity index (χ4v) is 2.92. The molecule has 2 aromatic carbocycles. The number of Topliss-reactive ketones (excluding diaryl/α,β-unsaturated/α-hetero) is 1. The maximum absolute atomic E-state index is 12.8. The second-order valence-electron chi connectivity index (χ2n) is 6.90. The molecule has 0 fully saturated rings. The highest BCUT2D eigenvalue weighted by molar-refractivity contribution is 5.88. The molecule has 0 spiro atoms. The molecule has 0 aromatic heterocycles. The lowest BCUT2D eigenvalue weighted by Crippen LogP contribution is -2.45. The molecule has 3 nitrogen and oxygen atoms in total. The number of carbonyl (C=O) groups is 2. The van der Waals surface area contributed by atoms with Gasteiger partial charge in [0.15, 0.2) is 5.78 Å². The van der Waals surface area contributed by atoms with Gasteiger partial charge >= 0.3 is 0 Å². The molecule has 1 N–H and O–H groups in total. The Morgan fingerprint density at radius 1 is 0.840 bits per heavy atom. The Morgan fingerprint density at radius 3 is 1.76 bits per heavy atom. The van der Waals surface area contributed by atoms with Crippen LogP contribution in [0.1, 0.15) is 31.9 Å². The van der Waals surface area contributed by atoms with E-state index in [0.29, 0.717) is 12.8 Å². The molecule has 0 saturated heterocycles. The zero-order chi connectivity index (χ0) is 18.2. The smallest absolute Gasteiger partial charge is 0.224 e. The molecule has 0 saturated carbocycles. The van der Waals surface area contributed by atoms with Gasteiger partial charge in [-0.05, 0) is 36.8 Å². The van der Waals surface area contributed by atoms with Crippen LogP contribution in [0.25, 0.3) is 0 Å². The van der Waals surface area contributed by atoms with E-state index >= 15 is 0 Å². The van der Waals surface area contributed by atoms with Gasteiger partial charge in [0.25, 0.3) is 0 Å².